The first-order valence-electron chi connectivity index (χ1n) is 13.0. The predicted octanol–water partition coefficient (Wildman–Crippen LogP) is 3.69. The number of ether oxygens (including phenoxy) is 1. The summed E-state index contributed by atoms with van der Waals surface area (Å²) in [6.07, 6.45) is 6.94. The molecule has 11 nitrogen and oxygen atoms in total. The van der Waals surface area contributed by atoms with Crippen LogP contribution in [-0.2, 0) is 9.59 Å². The van der Waals surface area contributed by atoms with E-state index in [9.17, 15) is 14.4 Å². The van der Waals surface area contributed by atoms with Crippen molar-refractivity contribution in [2.75, 3.05) is 4.90 Å². The van der Waals surface area contributed by atoms with Crippen LogP contribution in [0.2, 0.25) is 0 Å². The van der Waals surface area contributed by atoms with Gasteiger partial charge in [0, 0.05) is 42.2 Å². The van der Waals surface area contributed by atoms with Crippen molar-refractivity contribution in [3.63, 3.8) is 0 Å². The minimum Gasteiger partial charge on any atom is -0.421 e. The lowest BCUT2D eigenvalue weighted by atomic mass is 9.99. The number of aryl methyl sites for hydroxylation is 1. The standard InChI is InChI=1S/C28H27N7O4S/c1-3-20(36)32-16-7-6-8-17(16)33-26(37)25-24-23-19(12-14-30-27(23)40-25)35(28(38)34-24)18-10-11-22(31-15(18)2)39-21-9-4-5-13-29-21/h3-5,9-14,16-17,24-25H,1,6-8H2,2H3,(H,32,36)(H,33,37)(H,34,38)/t16-,17+,24?,25?/m0/s1. The topological polar surface area (TPSA) is 138 Å². The number of hydrogen-bond acceptors (Lipinski definition) is 8. The number of urea groups is 1. The Hall–Kier alpha value is -4.45. The number of hydrogen-bond donors (Lipinski definition) is 3. The van der Waals surface area contributed by atoms with E-state index in [2.05, 4.69) is 37.5 Å². The summed E-state index contributed by atoms with van der Waals surface area (Å²) >= 11 is 1.33. The van der Waals surface area contributed by atoms with Crippen molar-refractivity contribution in [3.05, 3.63) is 72.7 Å². The molecule has 5 heterocycles. The third kappa shape index (κ3) is 4.75. The zero-order chi connectivity index (χ0) is 27.8. The monoisotopic (exact) mass is 557 g/mol. The largest absolute Gasteiger partial charge is 0.421 e. The van der Waals surface area contributed by atoms with Crippen LogP contribution in [0.5, 0.6) is 11.8 Å². The van der Waals surface area contributed by atoms with Crippen molar-refractivity contribution in [3.8, 4) is 11.8 Å². The van der Waals surface area contributed by atoms with Crippen molar-refractivity contribution in [2.24, 2.45) is 0 Å². The van der Waals surface area contributed by atoms with Gasteiger partial charge < -0.3 is 20.7 Å². The highest BCUT2D eigenvalue weighted by atomic mass is 32.2. The highest BCUT2D eigenvalue weighted by Crippen LogP contribution is 2.51. The number of anilines is 2. The lowest BCUT2D eigenvalue weighted by Crippen LogP contribution is -2.53. The second kappa shape index (κ2) is 10.6. The summed E-state index contributed by atoms with van der Waals surface area (Å²) < 4.78 is 5.75. The Morgan fingerprint density at radius 3 is 2.65 bits per heavy atom. The molecule has 204 valence electrons. The molecule has 2 unspecified atom stereocenters. The van der Waals surface area contributed by atoms with Gasteiger partial charge in [0.05, 0.1) is 23.1 Å². The molecule has 3 N–H and O–H groups in total. The van der Waals surface area contributed by atoms with Gasteiger partial charge in [0.25, 0.3) is 0 Å². The van der Waals surface area contributed by atoms with Crippen LogP contribution in [-0.4, -0.2) is 50.1 Å². The number of nitrogens with one attached hydrogen (secondary N) is 3. The zero-order valence-electron chi connectivity index (χ0n) is 21.7. The summed E-state index contributed by atoms with van der Waals surface area (Å²) in [6.45, 7) is 5.31. The molecule has 1 saturated carbocycles. The van der Waals surface area contributed by atoms with Crippen LogP contribution in [0.25, 0.3) is 0 Å². The van der Waals surface area contributed by atoms with Crippen molar-refractivity contribution >= 4 is 41.0 Å². The molecule has 0 radical (unpaired) electrons. The molecule has 2 aliphatic heterocycles. The van der Waals surface area contributed by atoms with Gasteiger partial charge in [-0.3, -0.25) is 14.5 Å². The third-order valence-corrected chi connectivity index (χ3v) is 8.53. The molecule has 1 fully saturated rings. The summed E-state index contributed by atoms with van der Waals surface area (Å²) in [5, 5.41) is 9.13. The van der Waals surface area contributed by atoms with Crippen LogP contribution in [0, 0.1) is 6.92 Å². The van der Waals surface area contributed by atoms with Gasteiger partial charge in [0.15, 0.2) is 0 Å². The number of nitrogens with zero attached hydrogens (tertiary/aromatic N) is 4. The molecule has 3 aromatic rings. The third-order valence-electron chi connectivity index (χ3n) is 7.24. The van der Waals surface area contributed by atoms with E-state index in [-0.39, 0.29) is 29.9 Å². The maximum Gasteiger partial charge on any atom is 0.327 e. The van der Waals surface area contributed by atoms with Gasteiger partial charge >= 0.3 is 6.03 Å². The summed E-state index contributed by atoms with van der Waals surface area (Å²) in [5.74, 6) is 0.313. The first-order chi connectivity index (χ1) is 19.4. The fraction of sp³-hybridized carbons (Fsp3) is 0.286. The van der Waals surface area contributed by atoms with E-state index >= 15 is 0 Å². The molecule has 4 amide bonds. The van der Waals surface area contributed by atoms with Gasteiger partial charge in [-0.1, -0.05) is 24.4 Å². The average Bonchev–Trinajstić information content (AvgIpc) is 3.55. The zero-order valence-corrected chi connectivity index (χ0v) is 22.5. The van der Waals surface area contributed by atoms with Crippen LogP contribution in [0.15, 0.2) is 66.5 Å². The minimum atomic E-state index is -0.598. The number of pyridine rings is 3. The van der Waals surface area contributed by atoms with Gasteiger partial charge in [-0.15, -0.1) is 0 Å². The van der Waals surface area contributed by atoms with E-state index < -0.39 is 11.3 Å². The fourth-order valence-corrected chi connectivity index (χ4v) is 6.65. The Morgan fingerprint density at radius 1 is 1.07 bits per heavy atom. The molecule has 0 bridgehead atoms. The molecule has 0 aromatic carbocycles. The Balaban J connectivity index is 1.23. The molecule has 3 aromatic heterocycles. The van der Waals surface area contributed by atoms with E-state index in [4.69, 9.17) is 4.74 Å². The SMILES string of the molecule is C=CC(=O)N[C@H]1CCC[C@H]1NC(=O)C1Sc2nccc3c2C1NC(=O)N3c1ccc(Oc2ccccn2)nc1C. The number of amides is 4. The van der Waals surface area contributed by atoms with Crippen molar-refractivity contribution in [1.82, 2.24) is 30.9 Å². The highest BCUT2D eigenvalue weighted by Gasteiger charge is 2.47. The van der Waals surface area contributed by atoms with E-state index in [0.717, 1.165) is 24.8 Å². The molecule has 4 atom stereocenters. The summed E-state index contributed by atoms with van der Waals surface area (Å²) in [4.78, 5) is 53.6. The molecule has 1 aliphatic carbocycles. The number of rotatable bonds is 7. The molecule has 40 heavy (non-hydrogen) atoms. The van der Waals surface area contributed by atoms with E-state index in [1.54, 1.807) is 54.5 Å². The smallest absolute Gasteiger partial charge is 0.327 e. The van der Waals surface area contributed by atoms with Crippen LogP contribution in [0.1, 0.15) is 36.6 Å². The second-order valence-electron chi connectivity index (χ2n) is 9.74. The Morgan fingerprint density at radius 2 is 1.90 bits per heavy atom. The predicted molar refractivity (Wildman–Crippen MR) is 148 cm³/mol. The van der Waals surface area contributed by atoms with Crippen molar-refractivity contribution in [2.45, 2.75) is 54.6 Å². The fourth-order valence-electron chi connectivity index (χ4n) is 5.41. The van der Waals surface area contributed by atoms with Crippen molar-refractivity contribution < 1.29 is 19.1 Å². The number of carbonyl (C=O) groups is 3. The highest BCUT2D eigenvalue weighted by molar-refractivity contribution is 8.01. The molecule has 3 aliphatic rings. The molecular weight excluding hydrogens is 530 g/mol. The van der Waals surface area contributed by atoms with Gasteiger partial charge in [-0.2, -0.15) is 0 Å². The molecule has 0 saturated heterocycles. The van der Waals surface area contributed by atoms with Gasteiger partial charge in [0.2, 0.25) is 23.6 Å². The van der Waals surface area contributed by atoms with Crippen LogP contribution in [0.4, 0.5) is 16.2 Å². The average molecular weight is 558 g/mol. The van der Waals surface area contributed by atoms with E-state index in [0.29, 0.717) is 33.9 Å². The maximum absolute atomic E-state index is 13.5. The number of thioether (sulfide) groups is 1. The summed E-state index contributed by atoms with van der Waals surface area (Å²) in [6, 6.07) is 9.33. The Labute approximate surface area is 234 Å². The van der Waals surface area contributed by atoms with Crippen molar-refractivity contribution in [1.29, 1.82) is 0 Å². The number of carbonyl (C=O) groups excluding carboxylic acids is 3. The quantitative estimate of drug-likeness (QED) is 0.374. The summed E-state index contributed by atoms with van der Waals surface area (Å²) in [7, 11) is 0. The normalized spacial score (nSPS) is 22.7. The number of aromatic nitrogens is 3. The molecule has 6 rings (SSSR count). The lowest BCUT2D eigenvalue weighted by Gasteiger charge is -2.35. The lowest BCUT2D eigenvalue weighted by molar-refractivity contribution is -0.122. The first-order valence-corrected chi connectivity index (χ1v) is 13.9. The summed E-state index contributed by atoms with van der Waals surface area (Å²) in [5.41, 5.74) is 2.62. The first kappa shape index (κ1) is 25.8. The van der Waals surface area contributed by atoms with Gasteiger partial charge in [-0.05, 0) is 50.5 Å². The van der Waals surface area contributed by atoms with Crippen LogP contribution >= 0.6 is 11.8 Å². The maximum atomic E-state index is 13.5. The Kier molecular flexibility index (Phi) is 6.84. The van der Waals surface area contributed by atoms with E-state index in [1.807, 2.05) is 6.07 Å². The second-order valence-corrected chi connectivity index (χ2v) is 10.9. The molecule has 0 spiro atoms. The van der Waals surface area contributed by atoms with E-state index in [1.165, 1.54) is 17.8 Å². The van der Waals surface area contributed by atoms with Crippen LogP contribution < -0.4 is 25.6 Å². The molecule has 12 heteroatoms. The van der Waals surface area contributed by atoms with Gasteiger partial charge in [0.1, 0.15) is 10.3 Å². The van der Waals surface area contributed by atoms with Gasteiger partial charge in [-0.25, -0.2) is 19.7 Å². The minimum absolute atomic E-state index is 0.159. The molecular formula is C28H27N7O4S. The van der Waals surface area contributed by atoms with Crippen LogP contribution in [0.3, 0.4) is 0 Å². The Bertz CT molecular complexity index is 1500.